The van der Waals surface area contributed by atoms with Crippen LogP contribution in [0.3, 0.4) is 0 Å². The molecule has 3 amide bonds. The molecule has 2 aliphatic rings. The molecular weight excluding hydrogens is 282 g/mol. The van der Waals surface area contributed by atoms with Crippen molar-refractivity contribution in [1.29, 1.82) is 0 Å². The van der Waals surface area contributed by atoms with Gasteiger partial charge in [0.1, 0.15) is 0 Å². The van der Waals surface area contributed by atoms with Gasteiger partial charge in [-0.05, 0) is 12.0 Å². The van der Waals surface area contributed by atoms with Gasteiger partial charge in [0.15, 0.2) is 0 Å². The normalized spacial score (nSPS) is 26.6. The van der Waals surface area contributed by atoms with Crippen LogP contribution in [-0.2, 0) is 16.1 Å². The second kappa shape index (κ2) is 6.36. The molecule has 2 N–H and O–H groups in total. The van der Waals surface area contributed by atoms with E-state index in [-0.39, 0.29) is 30.1 Å². The molecule has 0 spiro atoms. The third-order valence-electron chi connectivity index (χ3n) is 4.30. The van der Waals surface area contributed by atoms with Crippen LogP contribution in [0.25, 0.3) is 0 Å². The van der Waals surface area contributed by atoms with Gasteiger partial charge in [0.25, 0.3) is 0 Å². The maximum Gasteiger partial charge on any atom is 0.317 e. The lowest BCUT2D eigenvalue weighted by atomic mass is 9.99. The van der Waals surface area contributed by atoms with Crippen molar-refractivity contribution in [1.82, 2.24) is 15.5 Å². The number of likely N-dealkylation sites (tertiary alicyclic amines) is 1. The first-order valence-electron chi connectivity index (χ1n) is 7.61. The van der Waals surface area contributed by atoms with Gasteiger partial charge in [-0.1, -0.05) is 30.3 Å². The number of hydrogen-bond donors (Lipinski definition) is 2. The van der Waals surface area contributed by atoms with Crippen molar-refractivity contribution in [3.8, 4) is 0 Å². The van der Waals surface area contributed by atoms with Crippen LogP contribution >= 0.6 is 0 Å². The highest BCUT2D eigenvalue weighted by molar-refractivity contribution is 5.80. The van der Waals surface area contributed by atoms with E-state index in [1.54, 1.807) is 11.9 Å². The van der Waals surface area contributed by atoms with E-state index in [1.807, 2.05) is 30.3 Å². The van der Waals surface area contributed by atoms with Gasteiger partial charge in [0.2, 0.25) is 5.91 Å². The average Bonchev–Trinajstić information content (AvgIpc) is 2.86. The van der Waals surface area contributed by atoms with Gasteiger partial charge >= 0.3 is 6.03 Å². The fourth-order valence-electron chi connectivity index (χ4n) is 3.17. The molecule has 6 nitrogen and oxygen atoms in total. The quantitative estimate of drug-likeness (QED) is 0.865. The number of nitrogens with one attached hydrogen (secondary N) is 2. The molecule has 6 heteroatoms. The Balaban J connectivity index is 1.57. The molecule has 22 heavy (non-hydrogen) atoms. The smallest absolute Gasteiger partial charge is 0.317 e. The lowest BCUT2D eigenvalue weighted by Gasteiger charge is -2.32. The van der Waals surface area contributed by atoms with Crippen molar-refractivity contribution in [2.24, 2.45) is 5.92 Å². The first kappa shape index (κ1) is 14.8. The summed E-state index contributed by atoms with van der Waals surface area (Å²) in [6, 6.07) is 9.72. The van der Waals surface area contributed by atoms with E-state index in [1.165, 1.54) is 0 Å². The Morgan fingerprint density at radius 3 is 2.77 bits per heavy atom. The van der Waals surface area contributed by atoms with Gasteiger partial charge in [-0.15, -0.1) is 0 Å². The molecular formula is C16H21N3O3. The van der Waals surface area contributed by atoms with E-state index >= 15 is 0 Å². The third-order valence-corrected chi connectivity index (χ3v) is 4.30. The van der Waals surface area contributed by atoms with Crippen molar-refractivity contribution in [3.05, 3.63) is 35.9 Å². The van der Waals surface area contributed by atoms with Crippen LogP contribution in [0.2, 0.25) is 0 Å². The van der Waals surface area contributed by atoms with Crippen LogP contribution in [0.15, 0.2) is 30.3 Å². The van der Waals surface area contributed by atoms with Gasteiger partial charge in [0, 0.05) is 26.7 Å². The maximum atomic E-state index is 12.4. The minimum atomic E-state index is -0.202. The van der Waals surface area contributed by atoms with Gasteiger partial charge in [0.05, 0.1) is 18.1 Å². The maximum absolute atomic E-state index is 12.4. The van der Waals surface area contributed by atoms with Gasteiger partial charge in [-0.25, -0.2) is 4.79 Å². The zero-order chi connectivity index (χ0) is 15.5. The lowest BCUT2D eigenvalue weighted by molar-refractivity contribution is -0.127. The number of fused-ring (bicyclic) bond motifs is 2. The first-order valence-corrected chi connectivity index (χ1v) is 7.61. The highest BCUT2D eigenvalue weighted by Gasteiger charge is 2.45. The van der Waals surface area contributed by atoms with Crippen molar-refractivity contribution in [2.75, 3.05) is 20.1 Å². The SMILES string of the molecule is CNC(=O)N1C[C@H]2C[C@H](C(=O)NCc3ccccc3)[C@@H](C1)O2. The molecule has 0 radical (unpaired) electrons. The molecule has 2 bridgehead atoms. The minimum absolute atomic E-state index is 0.00936. The molecule has 2 aliphatic heterocycles. The Hall–Kier alpha value is -2.08. The number of carbonyl (C=O) groups excluding carboxylic acids is 2. The fraction of sp³-hybridized carbons (Fsp3) is 0.500. The molecule has 3 rings (SSSR count). The van der Waals surface area contributed by atoms with E-state index in [9.17, 15) is 9.59 Å². The van der Waals surface area contributed by atoms with Crippen LogP contribution in [0, 0.1) is 5.92 Å². The summed E-state index contributed by atoms with van der Waals surface area (Å²) in [5.74, 6) is -0.168. The standard InChI is InChI=1S/C16H21N3O3/c1-17-16(21)19-9-12-7-13(14(10-19)22-12)15(20)18-8-11-5-3-2-4-6-11/h2-6,12-14H,7-10H2,1H3,(H,17,21)(H,18,20)/t12-,13+,14-/m1/s1. The Labute approximate surface area is 129 Å². The Morgan fingerprint density at radius 1 is 1.27 bits per heavy atom. The number of morpholine rings is 1. The van der Waals surface area contributed by atoms with Crippen LogP contribution < -0.4 is 10.6 Å². The number of carbonyl (C=O) groups is 2. The van der Waals surface area contributed by atoms with Gasteiger partial charge in [-0.3, -0.25) is 4.79 Å². The molecule has 118 valence electrons. The fourth-order valence-corrected chi connectivity index (χ4v) is 3.17. The van der Waals surface area contributed by atoms with Crippen molar-refractivity contribution in [2.45, 2.75) is 25.2 Å². The summed E-state index contributed by atoms with van der Waals surface area (Å²) in [5.41, 5.74) is 1.07. The van der Waals surface area contributed by atoms with E-state index in [0.29, 0.717) is 26.1 Å². The van der Waals surface area contributed by atoms with E-state index in [2.05, 4.69) is 10.6 Å². The van der Waals surface area contributed by atoms with E-state index < -0.39 is 0 Å². The Kier molecular flexibility index (Phi) is 4.29. The second-order valence-electron chi connectivity index (χ2n) is 5.80. The summed E-state index contributed by atoms with van der Waals surface area (Å²) < 4.78 is 5.83. The number of nitrogens with zero attached hydrogens (tertiary/aromatic N) is 1. The zero-order valence-electron chi connectivity index (χ0n) is 12.6. The summed E-state index contributed by atoms with van der Waals surface area (Å²) >= 11 is 0. The van der Waals surface area contributed by atoms with Gasteiger partial charge < -0.3 is 20.3 Å². The number of amides is 3. The van der Waals surface area contributed by atoms with Crippen LogP contribution in [0.4, 0.5) is 4.79 Å². The number of ether oxygens (including phenoxy) is 1. The first-order chi connectivity index (χ1) is 10.7. The molecule has 0 unspecified atom stereocenters. The average molecular weight is 303 g/mol. The molecule has 0 saturated carbocycles. The third kappa shape index (κ3) is 3.06. The minimum Gasteiger partial charge on any atom is -0.370 e. The second-order valence-corrected chi connectivity index (χ2v) is 5.80. The zero-order valence-corrected chi connectivity index (χ0v) is 12.6. The highest BCUT2D eigenvalue weighted by Crippen LogP contribution is 2.32. The van der Waals surface area contributed by atoms with Gasteiger partial charge in [-0.2, -0.15) is 0 Å². The molecule has 3 atom stereocenters. The summed E-state index contributed by atoms with van der Waals surface area (Å²) in [4.78, 5) is 25.9. The molecule has 2 heterocycles. The monoisotopic (exact) mass is 303 g/mol. The van der Waals surface area contributed by atoms with Crippen LogP contribution in [-0.4, -0.2) is 49.2 Å². The summed E-state index contributed by atoms with van der Waals surface area (Å²) in [7, 11) is 1.61. The molecule has 2 saturated heterocycles. The van der Waals surface area contributed by atoms with E-state index in [0.717, 1.165) is 5.56 Å². The van der Waals surface area contributed by atoms with Crippen molar-refractivity contribution in [3.63, 3.8) is 0 Å². The summed E-state index contributed by atoms with van der Waals surface area (Å²) in [6.45, 7) is 1.55. The largest absolute Gasteiger partial charge is 0.370 e. The van der Waals surface area contributed by atoms with Crippen LogP contribution in [0.1, 0.15) is 12.0 Å². The van der Waals surface area contributed by atoms with Crippen molar-refractivity contribution >= 4 is 11.9 Å². The van der Waals surface area contributed by atoms with E-state index in [4.69, 9.17) is 4.74 Å². The number of hydrogen-bond acceptors (Lipinski definition) is 3. The Bertz CT molecular complexity index is 549. The predicted octanol–water partition coefficient (Wildman–Crippen LogP) is 0.731. The number of benzene rings is 1. The number of rotatable bonds is 3. The highest BCUT2D eigenvalue weighted by atomic mass is 16.5. The molecule has 1 aromatic carbocycles. The van der Waals surface area contributed by atoms with Crippen molar-refractivity contribution < 1.29 is 14.3 Å². The number of urea groups is 1. The topological polar surface area (TPSA) is 70.7 Å². The molecule has 0 aromatic heterocycles. The summed E-state index contributed by atoms with van der Waals surface area (Å²) in [6.07, 6.45) is 0.439. The molecule has 2 fully saturated rings. The summed E-state index contributed by atoms with van der Waals surface area (Å²) in [5, 5.41) is 5.60. The Morgan fingerprint density at radius 2 is 2.05 bits per heavy atom. The predicted molar refractivity (Wildman–Crippen MR) is 81.1 cm³/mol. The lowest BCUT2D eigenvalue weighted by Crippen LogP contribution is -2.50. The molecule has 0 aliphatic carbocycles. The van der Waals surface area contributed by atoms with Crippen LogP contribution in [0.5, 0.6) is 0 Å². The molecule has 1 aromatic rings.